The van der Waals surface area contributed by atoms with Crippen molar-refractivity contribution >= 4 is 53.2 Å². The van der Waals surface area contributed by atoms with Gasteiger partial charge in [0.2, 0.25) is 0 Å². The molecular weight excluding hydrogens is 502 g/mol. The Balaban J connectivity index is 1.79. The van der Waals surface area contributed by atoms with Gasteiger partial charge in [-0.25, -0.2) is 8.42 Å². The van der Waals surface area contributed by atoms with E-state index in [4.69, 9.17) is 0 Å². The molecule has 0 bridgehead atoms. The van der Waals surface area contributed by atoms with E-state index in [1.807, 2.05) is 24.3 Å². The van der Waals surface area contributed by atoms with Gasteiger partial charge >= 0.3 is 0 Å². The Kier molecular flexibility index (Phi) is 5.23. The summed E-state index contributed by atoms with van der Waals surface area (Å²) in [6.07, 6.45) is 0. The van der Waals surface area contributed by atoms with E-state index in [1.54, 1.807) is 60.7 Å². The highest BCUT2D eigenvalue weighted by molar-refractivity contribution is 9.10. The van der Waals surface area contributed by atoms with Crippen LogP contribution < -0.4 is 4.72 Å². The van der Waals surface area contributed by atoms with E-state index in [1.165, 1.54) is 6.07 Å². The van der Waals surface area contributed by atoms with Crippen molar-refractivity contribution in [3.05, 3.63) is 95.5 Å². The van der Waals surface area contributed by atoms with Crippen LogP contribution in [0.3, 0.4) is 0 Å². The van der Waals surface area contributed by atoms with Gasteiger partial charge in [-0.15, -0.1) is 0 Å². The van der Waals surface area contributed by atoms with Gasteiger partial charge in [-0.3, -0.25) is 4.72 Å². The molecule has 0 unspecified atom stereocenters. The zero-order valence-electron chi connectivity index (χ0n) is 17.2. The number of hydrogen-bond donors (Lipinski definition) is 3. The molecule has 7 heteroatoms. The lowest BCUT2D eigenvalue weighted by Crippen LogP contribution is -2.14. The van der Waals surface area contributed by atoms with Crippen LogP contribution >= 0.6 is 15.9 Å². The summed E-state index contributed by atoms with van der Waals surface area (Å²) in [6, 6.07) is 26.0. The van der Waals surface area contributed by atoms with Crippen molar-refractivity contribution in [2.24, 2.45) is 0 Å². The Morgan fingerprint density at radius 3 is 2.12 bits per heavy atom. The molecule has 0 atom stereocenters. The molecule has 0 saturated heterocycles. The van der Waals surface area contributed by atoms with Crippen LogP contribution in [0.4, 0.5) is 5.69 Å². The summed E-state index contributed by atoms with van der Waals surface area (Å²) in [5.74, 6) is -0.0556. The van der Waals surface area contributed by atoms with Crippen LogP contribution in [0, 0.1) is 0 Å². The Bertz CT molecular complexity index is 1650. The summed E-state index contributed by atoms with van der Waals surface area (Å²) in [5.41, 5.74) is 1.05. The molecule has 5 nitrogen and oxygen atoms in total. The standard InChI is InChI=1S/C26H18BrNO4S/c27-21-11-5-6-12-24(21)33(31,32)28-22-15-20(26(30)19-10-4-3-9-18(19)22)25-17-8-2-1-7-16(17)13-14-23(25)29/h1-15,28-30H. The van der Waals surface area contributed by atoms with Gasteiger partial charge in [-0.1, -0.05) is 66.7 Å². The maximum atomic E-state index is 13.2. The molecule has 0 heterocycles. The molecule has 0 aromatic heterocycles. The summed E-state index contributed by atoms with van der Waals surface area (Å²) in [6.45, 7) is 0. The zero-order chi connectivity index (χ0) is 23.2. The van der Waals surface area contributed by atoms with Crippen LogP contribution in [0.2, 0.25) is 0 Å². The molecule has 5 aromatic carbocycles. The number of nitrogens with one attached hydrogen (secondary N) is 1. The number of aromatic hydroxyl groups is 2. The number of sulfonamides is 1. The third-order valence-electron chi connectivity index (χ3n) is 5.56. The number of fused-ring (bicyclic) bond motifs is 2. The molecule has 5 aromatic rings. The first-order valence-electron chi connectivity index (χ1n) is 10.1. The highest BCUT2D eigenvalue weighted by atomic mass is 79.9. The molecule has 0 radical (unpaired) electrons. The van der Waals surface area contributed by atoms with E-state index < -0.39 is 10.0 Å². The first-order chi connectivity index (χ1) is 15.9. The van der Waals surface area contributed by atoms with Gasteiger partial charge in [0.25, 0.3) is 10.0 Å². The predicted molar refractivity (Wildman–Crippen MR) is 135 cm³/mol. The number of phenols is 2. The largest absolute Gasteiger partial charge is 0.507 e. The molecule has 33 heavy (non-hydrogen) atoms. The fraction of sp³-hybridized carbons (Fsp3) is 0. The molecule has 0 amide bonds. The quantitative estimate of drug-likeness (QED) is 0.232. The minimum atomic E-state index is -3.94. The second-order valence-electron chi connectivity index (χ2n) is 7.58. The lowest BCUT2D eigenvalue weighted by molar-refractivity contribution is 0.472. The van der Waals surface area contributed by atoms with Crippen molar-refractivity contribution in [3.63, 3.8) is 0 Å². The Morgan fingerprint density at radius 1 is 0.727 bits per heavy atom. The SMILES string of the molecule is O=S(=O)(Nc1cc(-c2c(O)ccc3ccccc23)c(O)c2ccccc12)c1ccccc1Br. The highest BCUT2D eigenvalue weighted by Gasteiger charge is 2.22. The van der Waals surface area contributed by atoms with Gasteiger partial charge in [0.15, 0.2) is 0 Å². The van der Waals surface area contributed by atoms with Crippen molar-refractivity contribution in [1.29, 1.82) is 0 Å². The van der Waals surface area contributed by atoms with Gasteiger partial charge in [0.1, 0.15) is 16.4 Å². The lowest BCUT2D eigenvalue weighted by atomic mass is 9.93. The van der Waals surface area contributed by atoms with E-state index >= 15 is 0 Å². The van der Waals surface area contributed by atoms with Gasteiger partial charge in [0.05, 0.1) is 5.69 Å². The monoisotopic (exact) mass is 519 g/mol. The van der Waals surface area contributed by atoms with Gasteiger partial charge in [0, 0.05) is 26.4 Å². The normalized spacial score (nSPS) is 11.7. The second-order valence-corrected chi connectivity index (χ2v) is 10.1. The van der Waals surface area contributed by atoms with Crippen molar-refractivity contribution in [2.75, 3.05) is 4.72 Å². The van der Waals surface area contributed by atoms with E-state index in [-0.39, 0.29) is 16.4 Å². The zero-order valence-corrected chi connectivity index (χ0v) is 19.6. The molecule has 0 aliphatic carbocycles. The molecule has 0 spiro atoms. The summed E-state index contributed by atoms with van der Waals surface area (Å²) in [5, 5.41) is 24.5. The predicted octanol–water partition coefficient (Wildman–Crippen LogP) is 6.63. The third kappa shape index (κ3) is 3.69. The highest BCUT2D eigenvalue weighted by Crippen LogP contribution is 2.46. The summed E-state index contributed by atoms with van der Waals surface area (Å²) < 4.78 is 29.6. The molecule has 164 valence electrons. The summed E-state index contributed by atoms with van der Waals surface area (Å²) in [4.78, 5) is 0.0942. The van der Waals surface area contributed by atoms with Crippen molar-refractivity contribution in [1.82, 2.24) is 0 Å². The van der Waals surface area contributed by atoms with Crippen LogP contribution in [-0.4, -0.2) is 18.6 Å². The third-order valence-corrected chi connectivity index (χ3v) is 7.94. The van der Waals surface area contributed by atoms with Crippen LogP contribution in [0.15, 0.2) is 100 Å². The number of hydrogen-bond acceptors (Lipinski definition) is 4. The Labute approximate surface area is 199 Å². The fourth-order valence-corrected chi connectivity index (χ4v) is 6.12. The van der Waals surface area contributed by atoms with Crippen LogP contribution in [-0.2, 0) is 10.0 Å². The summed E-state index contributed by atoms with van der Waals surface area (Å²) >= 11 is 3.30. The number of phenolic OH excluding ortho intramolecular Hbond substituents is 2. The topological polar surface area (TPSA) is 86.6 Å². The van der Waals surface area contributed by atoms with Crippen molar-refractivity contribution < 1.29 is 18.6 Å². The van der Waals surface area contributed by atoms with Gasteiger partial charge in [-0.2, -0.15) is 0 Å². The van der Waals surface area contributed by atoms with Crippen LogP contribution in [0.25, 0.3) is 32.7 Å². The van der Waals surface area contributed by atoms with Crippen LogP contribution in [0.5, 0.6) is 11.5 Å². The van der Waals surface area contributed by atoms with Gasteiger partial charge in [-0.05, 0) is 51.0 Å². The molecule has 5 rings (SSSR count). The minimum Gasteiger partial charge on any atom is -0.507 e. The maximum Gasteiger partial charge on any atom is 0.263 e. The fourth-order valence-electron chi connectivity index (χ4n) is 4.04. The van der Waals surface area contributed by atoms with Crippen LogP contribution in [0.1, 0.15) is 0 Å². The van der Waals surface area contributed by atoms with E-state index in [9.17, 15) is 18.6 Å². The smallest absolute Gasteiger partial charge is 0.263 e. The first-order valence-corrected chi connectivity index (χ1v) is 12.4. The maximum absolute atomic E-state index is 13.2. The average Bonchev–Trinajstić information content (AvgIpc) is 2.81. The van der Waals surface area contributed by atoms with E-state index in [0.29, 0.717) is 32.1 Å². The number of rotatable bonds is 4. The Hall–Kier alpha value is -3.55. The van der Waals surface area contributed by atoms with E-state index in [2.05, 4.69) is 20.7 Å². The molecule has 3 N–H and O–H groups in total. The summed E-state index contributed by atoms with van der Waals surface area (Å²) in [7, 11) is -3.94. The van der Waals surface area contributed by atoms with E-state index in [0.717, 1.165) is 10.8 Å². The molecule has 0 aliphatic rings. The molecular formula is C26H18BrNO4S. The first kappa shape index (κ1) is 21.3. The van der Waals surface area contributed by atoms with Crippen molar-refractivity contribution in [3.8, 4) is 22.6 Å². The number of halogens is 1. The Morgan fingerprint density at radius 2 is 1.36 bits per heavy atom. The number of benzene rings is 5. The minimum absolute atomic E-state index is 0.0149. The molecule has 0 aliphatic heterocycles. The molecule has 0 fully saturated rings. The second kappa shape index (κ2) is 8.10. The van der Waals surface area contributed by atoms with Gasteiger partial charge < -0.3 is 10.2 Å². The molecule has 0 saturated carbocycles. The lowest BCUT2D eigenvalue weighted by Gasteiger charge is -2.17. The van der Waals surface area contributed by atoms with Crippen molar-refractivity contribution in [2.45, 2.75) is 4.90 Å². The number of anilines is 1. The average molecular weight is 520 g/mol.